The lowest BCUT2D eigenvalue weighted by Gasteiger charge is -2.39. The first kappa shape index (κ1) is 25.5. The first-order valence-electron chi connectivity index (χ1n) is 12.1. The number of fused-ring (bicyclic) bond motifs is 2. The van der Waals surface area contributed by atoms with Crippen LogP contribution < -0.4 is 25.2 Å². The van der Waals surface area contributed by atoms with Crippen molar-refractivity contribution in [1.82, 2.24) is 4.90 Å². The molecule has 2 heterocycles. The molecule has 0 saturated carbocycles. The summed E-state index contributed by atoms with van der Waals surface area (Å²) in [7, 11) is 3.20. The molecule has 0 saturated heterocycles. The summed E-state index contributed by atoms with van der Waals surface area (Å²) in [6.45, 7) is 2.73. The number of hydrogen-bond acceptors (Lipinski definition) is 6. The average molecular weight is 535 g/mol. The van der Waals surface area contributed by atoms with Gasteiger partial charge < -0.3 is 28.8 Å². The highest BCUT2D eigenvalue weighted by Gasteiger charge is 2.31. The molecule has 1 atom stereocenters. The van der Waals surface area contributed by atoms with Crippen molar-refractivity contribution >= 4 is 34.0 Å². The monoisotopic (exact) mass is 534 g/mol. The fraction of sp³-hybridized carbons (Fsp3) is 0.241. The summed E-state index contributed by atoms with van der Waals surface area (Å²) in [5, 5.41) is 4.45. The summed E-state index contributed by atoms with van der Waals surface area (Å²) in [4.78, 5) is 13.9. The quantitative estimate of drug-likeness (QED) is 0.252. The number of halogens is 1. The topological polar surface area (TPSA) is 73.2 Å². The highest BCUT2D eigenvalue weighted by atomic mass is 32.1. The highest BCUT2D eigenvalue weighted by molar-refractivity contribution is 7.80. The van der Waals surface area contributed by atoms with Crippen LogP contribution in [0.15, 0.2) is 69.9 Å². The molecule has 196 valence electrons. The lowest BCUT2D eigenvalue weighted by Crippen LogP contribution is -2.44. The maximum Gasteiger partial charge on any atom is 0.336 e. The standard InChI is InChI=1S/C29H27FN2O5S/c1-17-11-28(33)37-25-14-21(7-8-22(17)25)36-16-24-23-15-27(35-3)26(34-2)12-18(23)9-10-32(24)29(38)31-20-6-4-5-19(30)13-20/h4-8,11-15,24H,9-10,16H2,1-3H3,(H,31,38)/t24-/m0/s1. The molecule has 7 nitrogen and oxygen atoms in total. The molecule has 5 rings (SSSR count). The Bertz CT molecular complexity index is 1570. The zero-order valence-corrected chi connectivity index (χ0v) is 22.1. The predicted molar refractivity (Wildman–Crippen MR) is 148 cm³/mol. The number of hydrogen-bond donors (Lipinski definition) is 1. The zero-order valence-electron chi connectivity index (χ0n) is 21.2. The van der Waals surface area contributed by atoms with Gasteiger partial charge in [0.2, 0.25) is 0 Å². The molecule has 0 spiro atoms. The van der Waals surface area contributed by atoms with Crippen molar-refractivity contribution in [3.63, 3.8) is 0 Å². The summed E-state index contributed by atoms with van der Waals surface area (Å²) >= 11 is 5.77. The molecule has 0 aliphatic carbocycles. The summed E-state index contributed by atoms with van der Waals surface area (Å²) in [5.41, 5.74) is 3.54. The molecular weight excluding hydrogens is 507 g/mol. The van der Waals surface area contributed by atoms with Gasteiger partial charge in [0.1, 0.15) is 23.8 Å². The molecule has 0 radical (unpaired) electrons. The Kier molecular flexibility index (Phi) is 7.20. The number of anilines is 1. The minimum Gasteiger partial charge on any atom is -0.493 e. The second-order valence-corrected chi connectivity index (χ2v) is 9.41. The van der Waals surface area contributed by atoms with E-state index in [9.17, 15) is 9.18 Å². The van der Waals surface area contributed by atoms with Crippen LogP contribution in [0.25, 0.3) is 11.0 Å². The molecule has 38 heavy (non-hydrogen) atoms. The number of nitrogens with zero attached hydrogens (tertiary/aromatic N) is 1. The van der Waals surface area contributed by atoms with Crippen molar-refractivity contribution in [2.75, 3.05) is 32.7 Å². The fourth-order valence-corrected chi connectivity index (χ4v) is 5.12. The molecule has 9 heteroatoms. The predicted octanol–water partition coefficient (Wildman–Crippen LogP) is 5.63. The van der Waals surface area contributed by atoms with Crippen molar-refractivity contribution in [2.45, 2.75) is 19.4 Å². The molecule has 1 aliphatic heterocycles. The van der Waals surface area contributed by atoms with Gasteiger partial charge in [0.15, 0.2) is 16.6 Å². The smallest absolute Gasteiger partial charge is 0.336 e. The second kappa shape index (κ2) is 10.7. The van der Waals surface area contributed by atoms with Crippen molar-refractivity contribution in [3.05, 3.63) is 93.6 Å². The van der Waals surface area contributed by atoms with Crippen LogP contribution in [0.4, 0.5) is 10.1 Å². The van der Waals surface area contributed by atoms with Gasteiger partial charge in [-0.15, -0.1) is 0 Å². The van der Waals surface area contributed by atoms with Gasteiger partial charge in [-0.2, -0.15) is 0 Å². The van der Waals surface area contributed by atoms with Crippen LogP contribution in [-0.2, 0) is 6.42 Å². The van der Waals surface area contributed by atoms with Crippen LogP contribution in [0.2, 0.25) is 0 Å². The Morgan fingerprint density at radius 2 is 1.89 bits per heavy atom. The molecule has 0 bridgehead atoms. The van der Waals surface area contributed by atoms with Crippen LogP contribution in [0, 0.1) is 12.7 Å². The molecule has 0 amide bonds. The van der Waals surface area contributed by atoms with Gasteiger partial charge in [-0.05, 0) is 84.7 Å². The van der Waals surface area contributed by atoms with Gasteiger partial charge in [-0.1, -0.05) is 6.07 Å². The number of nitrogens with one attached hydrogen (secondary N) is 1. The van der Waals surface area contributed by atoms with E-state index in [1.165, 1.54) is 18.2 Å². The number of aryl methyl sites for hydroxylation is 1. The Morgan fingerprint density at radius 3 is 2.66 bits per heavy atom. The average Bonchev–Trinajstić information content (AvgIpc) is 2.90. The maximum absolute atomic E-state index is 13.8. The highest BCUT2D eigenvalue weighted by Crippen LogP contribution is 2.39. The minimum absolute atomic E-state index is 0.245. The van der Waals surface area contributed by atoms with Gasteiger partial charge >= 0.3 is 5.63 Å². The van der Waals surface area contributed by atoms with E-state index < -0.39 is 5.63 Å². The van der Waals surface area contributed by atoms with E-state index in [1.54, 1.807) is 32.4 Å². The Labute approximate surface area is 224 Å². The van der Waals surface area contributed by atoms with Crippen LogP contribution in [0.5, 0.6) is 17.2 Å². The maximum atomic E-state index is 13.8. The summed E-state index contributed by atoms with van der Waals surface area (Å²) in [5.74, 6) is 1.46. The third-order valence-corrected chi connectivity index (χ3v) is 7.01. The molecule has 4 aromatic rings. The zero-order chi connectivity index (χ0) is 26.8. The Hall–Kier alpha value is -4.11. The fourth-order valence-electron chi connectivity index (χ4n) is 4.78. The first-order chi connectivity index (χ1) is 18.4. The second-order valence-electron chi connectivity index (χ2n) is 9.02. The number of ether oxygens (including phenoxy) is 3. The van der Waals surface area contributed by atoms with E-state index in [2.05, 4.69) is 5.32 Å². The number of thiocarbonyl (C=S) groups is 1. The largest absolute Gasteiger partial charge is 0.493 e. The van der Waals surface area contributed by atoms with Crippen LogP contribution in [0.1, 0.15) is 22.7 Å². The number of benzene rings is 3. The molecular formula is C29H27FN2O5S. The van der Waals surface area contributed by atoms with Crippen molar-refractivity contribution < 1.29 is 23.0 Å². The van der Waals surface area contributed by atoms with E-state index in [4.69, 9.17) is 30.8 Å². The van der Waals surface area contributed by atoms with E-state index in [-0.39, 0.29) is 18.5 Å². The van der Waals surface area contributed by atoms with Gasteiger partial charge in [0.05, 0.1) is 20.3 Å². The summed E-state index contributed by atoms with van der Waals surface area (Å²) < 4.78 is 36.5. The van der Waals surface area contributed by atoms with E-state index in [1.807, 2.05) is 36.1 Å². The van der Waals surface area contributed by atoms with Gasteiger partial charge in [-0.25, -0.2) is 9.18 Å². The van der Waals surface area contributed by atoms with Crippen molar-refractivity contribution in [1.29, 1.82) is 0 Å². The molecule has 1 N–H and O–H groups in total. The number of rotatable bonds is 6. The van der Waals surface area contributed by atoms with Crippen molar-refractivity contribution in [2.24, 2.45) is 0 Å². The lowest BCUT2D eigenvalue weighted by molar-refractivity contribution is 0.190. The Balaban J connectivity index is 1.47. The van der Waals surface area contributed by atoms with Crippen LogP contribution >= 0.6 is 12.2 Å². The van der Waals surface area contributed by atoms with Crippen LogP contribution in [-0.4, -0.2) is 37.4 Å². The van der Waals surface area contributed by atoms with E-state index in [0.29, 0.717) is 40.2 Å². The first-order valence-corrected chi connectivity index (χ1v) is 12.5. The number of methoxy groups -OCH3 is 2. The van der Waals surface area contributed by atoms with Crippen LogP contribution in [0.3, 0.4) is 0 Å². The van der Waals surface area contributed by atoms with Crippen molar-refractivity contribution in [3.8, 4) is 17.2 Å². The SMILES string of the molecule is COc1cc2c(cc1OC)[C@H](COc1ccc3c(C)cc(=O)oc3c1)N(C(=S)Nc1cccc(F)c1)CC2. The Morgan fingerprint density at radius 1 is 1.11 bits per heavy atom. The molecule has 0 unspecified atom stereocenters. The molecule has 1 aliphatic rings. The molecule has 3 aromatic carbocycles. The normalized spacial score (nSPS) is 14.6. The minimum atomic E-state index is -0.408. The van der Waals surface area contributed by atoms with Gasteiger partial charge in [0, 0.05) is 29.8 Å². The summed E-state index contributed by atoms with van der Waals surface area (Å²) in [6.07, 6.45) is 0.720. The molecule has 1 aromatic heterocycles. The van der Waals surface area contributed by atoms with E-state index >= 15 is 0 Å². The van der Waals surface area contributed by atoms with Gasteiger partial charge in [0.25, 0.3) is 0 Å². The van der Waals surface area contributed by atoms with Gasteiger partial charge in [-0.3, -0.25) is 0 Å². The third-order valence-electron chi connectivity index (χ3n) is 6.67. The van der Waals surface area contributed by atoms with E-state index in [0.717, 1.165) is 28.5 Å². The third kappa shape index (κ3) is 5.15. The molecule has 0 fully saturated rings. The lowest BCUT2D eigenvalue weighted by atomic mass is 9.92. The summed E-state index contributed by atoms with van der Waals surface area (Å²) in [6, 6.07) is 16.7.